The third-order valence-electron chi connectivity index (χ3n) is 2.83. The maximum atomic E-state index is 11.9. The molecule has 0 fully saturated rings. The number of hydrogen-bond donors (Lipinski definition) is 1. The third-order valence-corrected chi connectivity index (χ3v) is 4.96. The summed E-state index contributed by atoms with van der Waals surface area (Å²) in [6, 6.07) is 4.26. The van der Waals surface area contributed by atoms with Crippen molar-refractivity contribution in [2.45, 2.75) is 33.7 Å². The van der Waals surface area contributed by atoms with E-state index in [4.69, 9.17) is 4.74 Å². The maximum absolute atomic E-state index is 11.9. The summed E-state index contributed by atoms with van der Waals surface area (Å²) in [4.78, 5) is 14.5. The van der Waals surface area contributed by atoms with Gasteiger partial charge in [-0.2, -0.15) is 4.37 Å². The number of aryl methyl sites for hydroxylation is 2. The SMILES string of the molecule is CCOC(=O)c1c(C)nsc1NCc1ccc(CC)s1. The Morgan fingerprint density at radius 1 is 1.35 bits per heavy atom. The van der Waals surface area contributed by atoms with E-state index in [0.29, 0.717) is 18.7 Å². The molecule has 0 amide bonds. The van der Waals surface area contributed by atoms with Crippen LogP contribution in [0.4, 0.5) is 5.00 Å². The number of rotatable bonds is 6. The van der Waals surface area contributed by atoms with Crippen molar-refractivity contribution in [3.63, 3.8) is 0 Å². The van der Waals surface area contributed by atoms with Crippen molar-refractivity contribution >= 4 is 33.8 Å². The fourth-order valence-electron chi connectivity index (χ4n) is 1.81. The predicted molar refractivity (Wildman–Crippen MR) is 83.8 cm³/mol. The number of aromatic nitrogens is 1. The molecular weight excluding hydrogens is 292 g/mol. The Bertz CT molecular complexity index is 590. The van der Waals surface area contributed by atoms with Crippen molar-refractivity contribution in [2.75, 3.05) is 11.9 Å². The van der Waals surface area contributed by atoms with Crippen LogP contribution in [-0.4, -0.2) is 16.9 Å². The smallest absolute Gasteiger partial charge is 0.343 e. The van der Waals surface area contributed by atoms with E-state index in [1.165, 1.54) is 21.3 Å². The van der Waals surface area contributed by atoms with E-state index in [1.807, 2.05) is 6.92 Å². The molecule has 108 valence electrons. The first-order chi connectivity index (χ1) is 9.65. The number of esters is 1. The zero-order valence-corrected chi connectivity index (χ0v) is 13.5. The average Bonchev–Trinajstić information content (AvgIpc) is 3.03. The molecule has 2 rings (SSSR count). The van der Waals surface area contributed by atoms with Gasteiger partial charge in [-0.3, -0.25) is 0 Å². The summed E-state index contributed by atoms with van der Waals surface area (Å²) in [6.07, 6.45) is 1.05. The second kappa shape index (κ2) is 6.85. The molecule has 0 spiro atoms. The molecule has 20 heavy (non-hydrogen) atoms. The first-order valence-corrected chi connectivity index (χ1v) is 8.19. The summed E-state index contributed by atoms with van der Waals surface area (Å²) < 4.78 is 9.31. The molecule has 0 aromatic carbocycles. The van der Waals surface area contributed by atoms with E-state index in [0.717, 1.165) is 17.1 Å². The first-order valence-electron chi connectivity index (χ1n) is 6.60. The molecule has 2 aromatic heterocycles. The van der Waals surface area contributed by atoms with Gasteiger partial charge in [-0.1, -0.05) is 6.92 Å². The number of thiophene rings is 1. The van der Waals surface area contributed by atoms with Gasteiger partial charge in [0.05, 0.1) is 18.8 Å². The van der Waals surface area contributed by atoms with Crippen LogP contribution in [0.5, 0.6) is 0 Å². The van der Waals surface area contributed by atoms with E-state index in [-0.39, 0.29) is 5.97 Å². The van der Waals surface area contributed by atoms with Gasteiger partial charge in [0.2, 0.25) is 0 Å². The minimum atomic E-state index is -0.304. The molecule has 0 aliphatic heterocycles. The summed E-state index contributed by atoms with van der Waals surface area (Å²) in [6.45, 7) is 6.86. The quantitative estimate of drug-likeness (QED) is 0.823. The van der Waals surface area contributed by atoms with Crippen LogP contribution < -0.4 is 5.32 Å². The van der Waals surface area contributed by atoms with Crippen LogP contribution in [0.25, 0.3) is 0 Å². The van der Waals surface area contributed by atoms with Crippen molar-refractivity contribution in [2.24, 2.45) is 0 Å². The van der Waals surface area contributed by atoms with Crippen LogP contribution in [-0.2, 0) is 17.7 Å². The van der Waals surface area contributed by atoms with E-state index in [1.54, 1.807) is 18.3 Å². The number of nitrogens with zero attached hydrogens (tertiary/aromatic N) is 1. The van der Waals surface area contributed by atoms with Crippen molar-refractivity contribution in [3.05, 3.63) is 33.1 Å². The maximum Gasteiger partial charge on any atom is 0.343 e. The minimum absolute atomic E-state index is 0.304. The predicted octanol–water partition coefficient (Wildman–Crippen LogP) is 3.86. The first kappa shape index (κ1) is 15.0. The molecule has 2 aromatic rings. The minimum Gasteiger partial charge on any atom is -0.462 e. The van der Waals surface area contributed by atoms with Crippen LogP contribution in [0.3, 0.4) is 0 Å². The number of ether oxygens (including phenoxy) is 1. The lowest BCUT2D eigenvalue weighted by Gasteiger charge is -2.05. The topological polar surface area (TPSA) is 51.2 Å². The van der Waals surface area contributed by atoms with E-state index >= 15 is 0 Å². The molecule has 0 saturated heterocycles. The van der Waals surface area contributed by atoms with Gasteiger partial charge >= 0.3 is 5.97 Å². The molecule has 0 saturated carbocycles. The molecule has 0 aliphatic rings. The molecule has 6 heteroatoms. The van der Waals surface area contributed by atoms with Gasteiger partial charge in [-0.05, 0) is 43.9 Å². The Hall–Kier alpha value is -1.40. The van der Waals surface area contributed by atoms with Crippen molar-refractivity contribution in [1.29, 1.82) is 0 Å². The Labute approximate surface area is 127 Å². The summed E-state index contributed by atoms with van der Waals surface area (Å²) in [5.74, 6) is -0.304. The molecule has 4 nitrogen and oxygen atoms in total. The lowest BCUT2D eigenvalue weighted by atomic mass is 10.2. The number of carbonyl (C=O) groups excluding carboxylic acids is 1. The molecule has 1 N–H and O–H groups in total. The molecule has 0 atom stereocenters. The standard InChI is InChI=1S/C14H18N2O2S2/c1-4-10-6-7-11(19-10)8-15-13-12(9(3)16-20-13)14(17)18-5-2/h6-7,15H,4-5,8H2,1-3H3. The highest BCUT2D eigenvalue weighted by atomic mass is 32.1. The molecule has 0 aliphatic carbocycles. The van der Waals surface area contributed by atoms with Crippen LogP contribution in [0, 0.1) is 6.92 Å². The summed E-state index contributed by atoms with van der Waals surface area (Å²) in [5, 5.41) is 4.08. The third kappa shape index (κ3) is 3.37. The zero-order valence-electron chi connectivity index (χ0n) is 11.9. The Balaban J connectivity index is 2.07. The summed E-state index contributed by atoms with van der Waals surface area (Å²) >= 11 is 3.09. The number of anilines is 1. The summed E-state index contributed by atoms with van der Waals surface area (Å²) in [5.41, 5.74) is 1.28. The van der Waals surface area contributed by atoms with Crippen molar-refractivity contribution in [3.8, 4) is 0 Å². The van der Waals surface area contributed by atoms with E-state index in [2.05, 4.69) is 28.7 Å². The average molecular weight is 310 g/mol. The highest BCUT2D eigenvalue weighted by Gasteiger charge is 2.19. The van der Waals surface area contributed by atoms with Gasteiger partial charge in [0.15, 0.2) is 0 Å². The monoisotopic (exact) mass is 310 g/mol. The van der Waals surface area contributed by atoms with Crippen molar-refractivity contribution < 1.29 is 9.53 Å². The van der Waals surface area contributed by atoms with Gasteiger partial charge in [-0.25, -0.2) is 4.79 Å². The largest absolute Gasteiger partial charge is 0.462 e. The highest BCUT2D eigenvalue weighted by Crippen LogP contribution is 2.27. The molecular formula is C14H18N2O2S2. The lowest BCUT2D eigenvalue weighted by Crippen LogP contribution is -2.08. The fraction of sp³-hybridized carbons (Fsp3) is 0.429. The van der Waals surface area contributed by atoms with Gasteiger partial charge in [0.25, 0.3) is 0 Å². The number of carbonyl (C=O) groups is 1. The molecule has 0 unspecified atom stereocenters. The van der Waals surface area contributed by atoms with Gasteiger partial charge < -0.3 is 10.1 Å². The van der Waals surface area contributed by atoms with Crippen molar-refractivity contribution in [1.82, 2.24) is 4.37 Å². The zero-order chi connectivity index (χ0) is 14.5. The van der Waals surface area contributed by atoms with Gasteiger partial charge in [-0.15, -0.1) is 11.3 Å². The Morgan fingerprint density at radius 3 is 2.75 bits per heavy atom. The normalized spacial score (nSPS) is 10.6. The van der Waals surface area contributed by atoms with E-state index in [9.17, 15) is 4.79 Å². The molecule has 2 heterocycles. The molecule has 0 bridgehead atoms. The fourth-order valence-corrected chi connectivity index (χ4v) is 3.48. The van der Waals surface area contributed by atoms with E-state index < -0.39 is 0 Å². The number of nitrogens with one attached hydrogen (secondary N) is 1. The second-order valence-electron chi connectivity index (χ2n) is 4.27. The van der Waals surface area contributed by atoms with Crippen LogP contribution in [0.15, 0.2) is 12.1 Å². The second-order valence-corrected chi connectivity index (χ2v) is 6.29. The van der Waals surface area contributed by atoms with Crippen LogP contribution in [0.2, 0.25) is 0 Å². The Kier molecular flexibility index (Phi) is 5.14. The lowest BCUT2D eigenvalue weighted by molar-refractivity contribution is 0.0527. The van der Waals surface area contributed by atoms with Crippen LogP contribution >= 0.6 is 22.9 Å². The summed E-state index contributed by atoms with van der Waals surface area (Å²) in [7, 11) is 0. The molecule has 0 radical (unpaired) electrons. The van der Waals surface area contributed by atoms with Gasteiger partial charge in [0.1, 0.15) is 10.6 Å². The van der Waals surface area contributed by atoms with Crippen LogP contribution in [0.1, 0.15) is 39.7 Å². The number of hydrogen-bond acceptors (Lipinski definition) is 6. The highest BCUT2D eigenvalue weighted by molar-refractivity contribution is 7.12. The Morgan fingerprint density at radius 2 is 2.10 bits per heavy atom. The van der Waals surface area contributed by atoms with Gasteiger partial charge in [0, 0.05) is 9.75 Å².